The number of carbonyl (C=O) groups excluding carboxylic acids is 1. The molecule has 1 fully saturated rings. The number of hydrogen-bond acceptors (Lipinski definition) is 3. The van der Waals surface area contributed by atoms with Gasteiger partial charge in [0.1, 0.15) is 0 Å². The first-order valence-electron chi connectivity index (χ1n) is 6.72. The van der Waals surface area contributed by atoms with Crippen molar-refractivity contribution in [1.82, 2.24) is 15.2 Å². The van der Waals surface area contributed by atoms with Gasteiger partial charge in [0.25, 0.3) is 0 Å². The molecule has 2 heterocycles. The zero-order valence-corrected chi connectivity index (χ0v) is 10.9. The van der Waals surface area contributed by atoms with E-state index in [4.69, 9.17) is 0 Å². The van der Waals surface area contributed by atoms with Crippen molar-refractivity contribution < 1.29 is 4.79 Å². The average Bonchev–Trinajstić information content (AvgIpc) is 2.94. The molecule has 1 atom stereocenters. The molecule has 0 bridgehead atoms. The molecule has 0 saturated carbocycles. The predicted molar refractivity (Wildman–Crippen MR) is 71.2 cm³/mol. The smallest absolute Gasteiger partial charge is 0.239 e. The zero-order chi connectivity index (χ0) is 12.8. The van der Waals surface area contributed by atoms with Crippen molar-refractivity contribution in [2.45, 2.75) is 32.2 Å². The molecule has 18 heavy (non-hydrogen) atoms. The second-order valence-corrected chi connectivity index (χ2v) is 4.67. The number of amides is 1. The highest BCUT2D eigenvalue weighted by Gasteiger charge is 2.25. The van der Waals surface area contributed by atoms with Gasteiger partial charge in [-0.25, -0.2) is 0 Å². The number of pyridine rings is 1. The maximum Gasteiger partial charge on any atom is 0.239 e. The van der Waals surface area contributed by atoms with Crippen LogP contribution in [0.4, 0.5) is 0 Å². The number of nitrogens with zero attached hydrogens (tertiary/aromatic N) is 2. The fourth-order valence-corrected chi connectivity index (χ4v) is 2.35. The van der Waals surface area contributed by atoms with Gasteiger partial charge in [-0.3, -0.25) is 9.78 Å². The number of likely N-dealkylation sites (N-methyl/N-ethyl adjacent to an activating group) is 1. The van der Waals surface area contributed by atoms with E-state index in [0.717, 1.165) is 38.9 Å². The minimum Gasteiger partial charge on any atom is -0.341 e. The summed E-state index contributed by atoms with van der Waals surface area (Å²) >= 11 is 0. The Morgan fingerprint density at radius 2 is 2.28 bits per heavy atom. The van der Waals surface area contributed by atoms with E-state index in [-0.39, 0.29) is 11.9 Å². The van der Waals surface area contributed by atoms with Gasteiger partial charge in [-0.05, 0) is 50.4 Å². The van der Waals surface area contributed by atoms with Crippen LogP contribution in [-0.4, -0.2) is 41.5 Å². The van der Waals surface area contributed by atoms with Gasteiger partial charge in [0.2, 0.25) is 5.91 Å². The highest BCUT2D eigenvalue weighted by Crippen LogP contribution is 2.09. The summed E-state index contributed by atoms with van der Waals surface area (Å²) in [7, 11) is 0. The van der Waals surface area contributed by atoms with Crippen LogP contribution in [0.2, 0.25) is 0 Å². The molecule has 1 saturated heterocycles. The lowest BCUT2D eigenvalue weighted by Crippen LogP contribution is -2.44. The molecule has 0 unspecified atom stereocenters. The standard InChI is InChI=1S/C14H21N3O/c1-2-17(14(18)13-4-3-8-16-13)11-7-12-5-9-15-10-6-12/h5-6,9-10,13,16H,2-4,7-8,11H2,1H3/t13-/m0/s1. The van der Waals surface area contributed by atoms with Crippen molar-refractivity contribution in [3.05, 3.63) is 30.1 Å². The van der Waals surface area contributed by atoms with Crippen LogP contribution in [0.5, 0.6) is 0 Å². The minimum atomic E-state index is 0.0439. The summed E-state index contributed by atoms with van der Waals surface area (Å²) in [6.45, 7) is 4.58. The van der Waals surface area contributed by atoms with Crippen molar-refractivity contribution in [1.29, 1.82) is 0 Å². The second kappa shape index (κ2) is 6.50. The number of carbonyl (C=O) groups is 1. The van der Waals surface area contributed by atoms with Gasteiger partial charge in [0, 0.05) is 25.5 Å². The molecule has 1 N–H and O–H groups in total. The Morgan fingerprint density at radius 1 is 1.50 bits per heavy atom. The quantitative estimate of drug-likeness (QED) is 0.851. The molecule has 98 valence electrons. The zero-order valence-electron chi connectivity index (χ0n) is 10.9. The fourth-order valence-electron chi connectivity index (χ4n) is 2.35. The Kier molecular flexibility index (Phi) is 4.70. The highest BCUT2D eigenvalue weighted by molar-refractivity contribution is 5.82. The van der Waals surface area contributed by atoms with Crippen molar-refractivity contribution in [3.8, 4) is 0 Å². The molecule has 0 aliphatic carbocycles. The van der Waals surface area contributed by atoms with Crippen LogP contribution in [0.1, 0.15) is 25.3 Å². The lowest BCUT2D eigenvalue weighted by molar-refractivity contribution is -0.132. The maximum absolute atomic E-state index is 12.2. The van der Waals surface area contributed by atoms with Crippen molar-refractivity contribution in [3.63, 3.8) is 0 Å². The van der Waals surface area contributed by atoms with Crippen molar-refractivity contribution >= 4 is 5.91 Å². The topological polar surface area (TPSA) is 45.2 Å². The van der Waals surface area contributed by atoms with Crippen LogP contribution in [0, 0.1) is 0 Å². The number of hydrogen-bond donors (Lipinski definition) is 1. The summed E-state index contributed by atoms with van der Waals surface area (Å²) in [6.07, 6.45) is 6.58. The van der Waals surface area contributed by atoms with E-state index in [1.807, 2.05) is 24.0 Å². The number of nitrogens with one attached hydrogen (secondary N) is 1. The summed E-state index contributed by atoms with van der Waals surface area (Å²) in [6, 6.07) is 4.06. The van der Waals surface area contributed by atoms with E-state index in [9.17, 15) is 4.79 Å². The van der Waals surface area contributed by atoms with E-state index in [0.29, 0.717) is 0 Å². The number of aromatic nitrogens is 1. The van der Waals surface area contributed by atoms with Crippen LogP contribution in [-0.2, 0) is 11.2 Å². The molecule has 1 aliphatic heterocycles. The summed E-state index contributed by atoms with van der Waals surface area (Å²) in [4.78, 5) is 18.2. The van der Waals surface area contributed by atoms with Gasteiger partial charge in [-0.1, -0.05) is 0 Å². The Balaban J connectivity index is 1.87. The Labute approximate surface area is 108 Å². The van der Waals surface area contributed by atoms with Gasteiger partial charge in [0.15, 0.2) is 0 Å². The highest BCUT2D eigenvalue weighted by atomic mass is 16.2. The predicted octanol–water partition coefficient (Wildman–Crippen LogP) is 1.22. The van der Waals surface area contributed by atoms with Crippen LogP contribution in [0.25, 0.3) is 0 Å². The first-order valence-corrected chi connectivity index (χ1v) is 6.72. The van der Waals surface area contributed by atoms with Gasteiger partial charge < -0.3 is 10.2 Å². The number of rotatable bonds is 5. The Morgan fingerprint density at radius 3 is 2.89 bits per heavy atom. The van der Waals surface area contributed by atoms with E-state index in [1.54, 1.807) is 12.4 Å². The molecule has 4 nitrogen and oxygen atoms in total. The average molecular weight is 247 g/mol. The lowest BCUT2D eigenvalue weighted by Gasteiger charge is -2.24. The molecule has 1 aromatic rings. The van der Waals surface area contributed by atoms with Crippen LogP contribution in [0.15, 0.2) is 24.5 Å². The van der Waals surface area contributed by atoms with Gasteiger partial charge in [0.05, 0.1) is 6.04 Å². The summed E-state index contributed by atoms with van der Waals surface area (Å²) in [5.41, 5.74) is 1.23. The van der Waals surface area contributed by atoms with Gasteiger partial charge in [-0.15, -0.1) is 0 Å². The molecule has 4 heteroatoms. The molecule has 1 aliphatic rings. The van der Waals surface area contributed by atoms with Crippen molar-refractivity contribution in [2.24, 2.45) is 0 Å². The molecular weight excluding hydrogens is 226 g/mol. The summed E-state index contributed by atoms with van der Waals surface area (Å²) in [5.74, 6) is 0.254. The van der Waals surface area contributed by atoms with E-state index in [1.165, 1.54) is 5.56 Å². The molecule has 1 aromatic heterocycles. The van der Waals surface area contributed by atoms with Crippen LogP contribution in [0.3, 0.4) is 0 Å². The Hall–Kier alpha value is -1.42. The Bertz CT molecular complexity index is 374. The monoisotopic (exact) mass is 247 g/mol. The van der Waals surface area contributed by atoms with Crippen molar-refractivity contribution in [2.75, 3.05) is 19.6 Å². The third kappa shape index (κ3) is 3.29. The molecule has 1 amide bonds. The van der Waals surface area contributed by atoms with Gasteiger partial charge >= 0.3 is 0 Å². The minimum absolute atomic E-state index is 0.0439. The largest absolute Gasteiger partial charge is 0.341 e. The lowest BCUT2D eigenvalue weighted by atomic mass is 10.1. The first-order chi connectivity index (χ1) is 8.81. The normalized spacial score (nSPS) is 18.8. The SMILES string of the molecule is CCN(CCc1ccncc1)C(=O)[C@@H]1CCCN1. The van der Waals surface area contributed by atoms with Crippen LogP contribution >= 0.6 is 0 Å². The van der Waals surface area contributed by atoms with E-state index >= 15 is 0 Å². The molecule has 2 rings (SSSR count). The molecule has 0 spiro atoms. The van der Waals surface area contributed by atoms with Crippen LogP contribution < -0.4 is 5.32 Å². The summed E-state index contributed by atoms with van der Waals surface area (Å²) < 4.78 is 0. The molecule has 0 aromatic carbocycles. The first kappa shape index (κ1) is 13.0. The van der Waals surface area contributed by atoms with Gasteiger partial charge in [-0.2, -0.15) is 0 Å². The van der Waals surface area contributed by atoms with E-state index in [2.05, 4.69) is 10.3 Å². The maximum atomic E-state index is 12.2. The third-order valence-corrected chi connectivity index (χ3v) is 3.47. The fraction of sp³-hybridized carbons (Fsp3) is 0.571. The molecule has 0 radical (unpaired) electrons. The summed E-state index contributed by atoms with van der Waals surface area (Å²) in [5, 5.41) is 3.27. The third-order valence-electron chi connectivity index (χ3n) is 3.47. The second-order valence-electron chi connectivity index (χ2n) is 4.67. The molecular formula is C14H21N3O. The van der Waals surface area contributed by atoms with E-state index < -0.39 is 0 Å².